The topological polar surface area (TPSA) is 99.1 Å². The van der Waals surface area contributed by atoms with E-state index in [4.69, 9.17) is 15.6 Å². The molecule has 2 atom stereocenters. The molecule has 0 aliphatic carbocycles. The van der Waals surface area contributed by atoms with Crippen molar-refractivity contribution in [1.82, 2.24) is 19.5 Å². The molecule has 2 aromatic heterocycles. The minimum Gasteiger partial charge on any atom is -0.394 e. The van der Waals surface area contributed by atoms with Gasteiger partial charge in [-0.1, -0.05) is 0 Å². The molecule has 7 nitrogen and oxygen atoms in total. The van der Waals surface area contributed by atoms with Crippen molar-refractivity contribution in [2.45, 2.75) is 25.2 Å². The summed E-state index contributed by atoms with van der Waals surface area (Å²) < 4.78 is 7.51. The number of nitrogen functional groups attached to an aromatic ring is 1. The molecular weight excluding hydrogens is 222 g/mol. The number of aliphatic hydroxyl groups excluding tert-OH is 1. The van der Waals surface area contributed by atoms with Crippen LogP contribution in [0.3, 0.4) is 0 Å². The van der Waals surface area contributed by atoms with Gasteiger partial charge < -0.3 is 15.6 Å². The second-order valence-corrected chi connectivity index (χ2v) is 4.06. The van der Waals surface area contributed by atoms with E-state index in [1.54, 1.807) is 12.5 Å². The smallest absolute Gasteiger partial charge is 0.222 e. The van der Waals surface area contributed by atoms with Gasteiger partial charge in [-0.2, -0.15) is 4.98 Å². The zero-order chi connectivity index (χ0) is 11.8. The number of hydrogen-bond donors (Lipinski definition) is 2. The predicted octanol–water partition coefficient (Wildman–Crippen LogP) is 0.0784. The molecule has 3 rings (SSSR count). The summed E-state index contributed by atoms with van der Waals surface area (Å²) in [5.41, 5.74) is 6.92. The van der Waals surface area contributed by atoms with Gasteiger partial charge in [-0.15, -0.1) is 0 Å². The summed E-state index contributed by atoms with van der Waals surface area (Å²) in [4.78, 5) is 12.2. The van der Waals surface area contributed by atoms with Crippen molar-refractivity contribution in [2.24, 2.45) is 0 Å². The lowest BCUT2D eigenvalue weighted by atomic mass is 10.2. The maximum atomic E-state index is 9.04. The second-order valence-electron chi connectivity index (χ2n) is 4.06. The third-order valence-corrected chi connectivity index (χ3v) is 2.93. The molecule has 0 aromatic carbocycles. The minimum absolute atomic E-state index is 0.0419. The van der Waals surface area contributed by atoms with Crippen molar-refractivity contribution >= 4 is 17.1 Å². The Morgan fingerprint density at radius 2 is 2.35 bits per heavy atom. The SMILES string of the molecule is Nc1ncc2ncn([C@@H]3CC[C@@H](CO)O3)c2n1. The van der Waals surface area contributed by atoms with E-state index in [0.29, 0.717) is 11.2 Å². The van der Waals surface area contributed by atoms with Crippen molar-refractivity contribution < 1.29 is 9.84 Å². The quantitative estimate of drug-likeness (QED) is 0.764. The molecule has 3 N–H and O–H groups in total. The number of ether oxygens (including phenoxy) is 1. The van der Waals surface area contributed by atoms with E-state index in [1.807, 2.05) is 4.57 Å². The van der Waals surface area contributed by atoms with Gasteiger partial charge in [0.05, 0.1) is 25.2 Å². The van der Waals surface area contributed by atoms with Crippen LogP contribution in [0.2, 0.25) is 0 Å². The molecule has 3 heterocycles. The van der Waals surface area contributed by atoms with E-state index in [2.05, 4.69) is 15.0 Å². The molecule has 0 saturated carbocycles. The first-order valence-electron chi connectivity index (χ1n) is 5.49. The van der Waals surface area contributed by atoms with Crippen LogP contribution in [-0.4, -0.2) is 37.3 Å². The van der Waals surface area contributed by atoms with E-state index >= 15 is 0 Å². The third-order valence-electron chi connectivity index (χ3n) is 2.93. The highest BCUT2D eigenvalue weighted by atomic mass is 16.5. The summed E-state index contributed by atoms with van der Waals surface area (Å²) in [6.45, 7) is 0.0419. The summed E-state index contributed by atoms with van der Waals surface area (Å²) in [5, 5.41) is 9.04. The molecule has 0 bridgehead atoms. The summed E-state index contributed by atoms with van der Waals surface area (Å²) in [7, 11) is 0. The fourth-order valence-electron chi connectivity index (χ4n) is 2.08. The highest BCUT2D eigenvalue weighted by Gasteiger charge is 2.27. The number of anilines is 1. The number of rotatable bonds is 2. The Morgan fingerprint density at radius 1 is 1.47 bits per heavy atom. The Kier molecular flexibility index (Phi) is 2.41. The van der Waals surface area contributed by atoms with E-state index in [1.165, 1.54) is 0 Å². The van der Waals surface area contributed by atoms with Crippen LogP contribution in [0.25, 0.3) is 11.2 Å². The molecule has 0 amide bonds. The lowest BCUT2D eigenvalue weighted by Crippen LogP contribution is -2.14. The van der Waals surface area contributed by atoms with Crippen LogP contribution in [0.4, 0.5) is 5.95 Å². The molecule has 1 aliphatic rings. The number of aliphatic hydroxyl groups is 1. The predicted molar refractivity (Wildman–Crippen MR) is 60.0 cm³/mol. The van der Waals surface area contributed by atoms with Crippen molar-refractivity contribution in [2.75, 3.05) is 12.3 Å². The summed E-state index contributed by atoms with van der Waals surface area (Å²) in [6.07, 6.45) is 4.70. The van der Waals surface area contributed by atoms with Gasteiger partial charge in [0.2, 0.25) is 5.95 Å². The number of nitrogens with zero attached hydrogens (tertiary/aromatic N) is 4. The fraction of sp³-hybridized carbons (Fsp3) is 0.500. The van der Waals surface area contributed by atoms with Crippen LogP contribution in [0.1, 0.15) is 19.1 Å². The first kappa shape index (κ1) is 10.4. The Balaban J connectivity index is 1.98. The van der Waals surface area contributed by atoms with E-state index in [-0.39, 0.29) is 24.9 Å². The van der Waals surface area contributed by atoms with Crippen molar-refractivity contribution in [3.05, 3.63) is 12.5 Å². The molecule has 1 aliphatic heterocycles. The number of aromatic nitrogens is 4. The first-order valence-corrected chi connectivity index (χ1v) is 5.49. The maximum absolute atomic E-state index is 9.04. The van der Waals surface area contributed by atoms with Gasteiger partial charge in [-0.05, 0) is 12.8 Å². The molecular formula is C10H13N5O2. The second kappa shape index (κ2) is 3.94. The van der Waals surface area contributed by atoms with Crippen LogP contribution in [0, 0.1) is 0 Å². The molecule has 90 valence electrons. The van der Waals surface area contributed by atoms with Gasteiger partial charge in [-0.25, -0.2) is 9.97 Å². The molecule has 1 saturated heterocycles. The Bertz CT molecular complexity index is 540. The zero-order valence-electron chi connectivity index (χ0n) is 9.15. The largest absolute Gasteiger partial charge is 0.394 e. The average molecular weight is 235 g/mol. The Labute approximate surface area is 97.3 Å². The lowest BCUT2D eigenvalue weighted by molar-refractivity contribution is -0.0207. The van der Waals surface area contributed by atoms with Crippen LogP contribution in [0.5, 0.6) is 0 Å². The summed E-state index contributed by atoms with van der Waals surface area (Å²) in [5.74, 6) is 0.218. The molecule has 1 fully saturated rings. The number of hydrogen-bond acceptors (Lipinski definition) is 6. The normalized spacial score (nSPS) is 24.5. The standard InChI is InChI=1S/C10H13N5O2/c11-10-12-3-7-9(14-10)15(5-13-7)8-2-1-6(4-16)17-8/h3,5-6,8,16H,1-2,4H2,(H2,11,12,14)/t6-,8-/m0/s1. The Morgan fingerprint density at radius 3 is 3.12 bits per heavy atom. The van der Waals surface area contributed by atoms with E-state index in [9.17, 15) is 0 Å². The molecule has 7 heteroatoms. The maximum Gasteiger partial charge on any atom is 0.222 e. The molecule has 17 heavy (non-hydrogen) atoms. The van der Waals surface area contributed by atoms with E-state index in [0.717, 1.165) is 12.8 Å². The summed E-state index contributed by atoms with van der Waals surface area (Å²) >= 11 is 0. The van der Waals surface area contributed by atoms with Gasteiger partial charge in [0.25, 0.3) is 0 Å². The number of imidazole rings is 1. The molecule has 0 unspecified atom stereocenters. The van der Waals surface area contributed by atoms with Crippen molar-refractivity contribution in [3.8, 4) is 0 Å². The summed E-state index contributed by atoms with van der Waals surface area (Å²) in [6, 6.07) is 0. The lowest BCUT2D eigenvalue weighted by Gasteiger charge is -2.13. The zero-order valence-corrected chi connectivity index (χ0v) is 9.15. The van der Waals surface area contributed by atoms with Gasteiger partial charge in [0, 0.05) is 0 Å². The first-order chi connectivity index (χ1) is 8.28. The highest BCUT2D eigenvalue weighted by molar-refractivity contribution is 5.70. The average Bonchev–Trinajstić information content (AvgIpc) is 2.93. The van der Waals surface area contributed by atoms with Gasteiger partial charge in [0.1, 0.15) is 11.7 Å². The third kappa shape index (κ3) is 1.73. The Hall–Kier alpha value is -1.73. The van der Waals surface area contributed by atoms with Crippen LogP contribution in [0.15, 0.2) is 12.5 Å². The van der Waals surface area contributed by atoms with Crippen LogP contribution in [-0.2, 0) is 4.74 Å². The molecule has 0 spiro atoms. The van der Waals surface area contributed by atoms with Crippen LogP contribution < -0.4 is 5.73 Å². The number of nitrogens with two attached hydrogens (primary N) is 1. The fourth-order valence-corrected chi connectivity index (χ4v) is 2.08. The monoisotopic (exact) mass is 235 g/mol. The number of fused-ring (bicyclic) bond motifs is 1. The molecule has 0 radical (unpaired) electrons. The molecule has 2 aromatic rings. The van der Waals surface area contributed by atoms with Crippen molar-refractivity contribution in [3.63, 3.8) is 0 Å². The van der Waals surface area contributed by atoms with Gasteiger partial charge in [0.15, 0.2) is 5.65 Å². The van der Waals surface area contributed by atoms with Crippen LogP contribution >= 0.6 is 0 Å². The minimum atomic E-state index is -0.133. The van der Waals surface area contributed by atoms with Crippen molar-refractivity contribution in [1.29, 1.82) is 0 Å². The highest BCUT2D eigenvalue weighted by Crippen LogP contribution is 2.29. The van der Waals surface area contributed by atoms with E-state index < -0.39 is 0 Å². The van der Waals surface area contributed by atoms with Gasteiger partial charge >= 0.3 is 0 Å². The van der Waals surface area contributed by atoms with Gasteiger partial charge in [-0.3, -0.25) is 4.57 Å².